The fourth-order valence-electron chi connectivity index (χ4n) is 4.55. The normalized spacial score (nSPS) is 18.9. The lowest BCUT2D eigenvalue weighted by atomic mass is 9.93. The van der Waals surface area contributed by atoms with E-state index in [2.05, 4.69) is 56.3 Å². The minimum Gasteiger partial charge on any atom is -0.492 e. The van der Waals surface area contributed by atoms with E-state index >= 15 is 0 Å². The molecule has 5 rings (SSSR count). The molecule has 158 valence electrons. The van der Waals surface area contributed by atoms with Gasteiger partial charge in [0.05, 0.1) is 13.0 Å². The fourth-order valence-corrected chi connectivity index (χ4v) is 4.55. The molecule has 0 spiro atoms. The minimum atomic E-state index is -0.833. The van der Waals surface area contributed by atoms with Crippen molar-refractivity contribution in [1.29, 1.82) is 0 Å². The first-order valence-electron chi connectivity index (χ1n) is 10.5. The smallest absolute Gasteiger partial charge is 0.304 e. The third kappa shape index (κ3) is 3.61. The average Bonchev–Trinajstić information content (AvgIpc) is 3.13. The highest BCUT2D eigenvalue weighted by Gasteiger charge is 2.31. The van der Waals surface area contributed by atoms with Crippen LogP contribution in [0.5, 0.6) is 17.2 Å². The van der Waals surface area contributed by atoms with Crippen LogP contribution in [0.4, 0.5) is 0 Å². The molecule has 2 heterocycles. The molecule has 3 aromatic rings. The molecule has 0 aliphatic carbocycles. The van der Waals surface area contributed by atoms with Gasteiger partial charge < -0.3 is 19.3 Å². The van der Waals surface area contributed by atoms with Crippen LogP contribution in [-0.2, 0) is 4.79 Å². The van der Waals surface area contributed by atoms with Crippen LogP contribution < -0.4 is 14.2 Å². The van der Waals surface area contributed by atoms with Crippen LogP contribution in [0.2, 0.25) is 0 Å². The van der Waals surface area contributed by atoms with Crippen molar-refractivity contribution in [3.05, 3.63) is 76.9 Å². The van der Waals surface area contributed by atoms with Crippen molar-refractivity contribution in [2.75, 3.05) is 13.2 Å². The van der Waals surface area contributed by atoms with Crippen molar-refractivity contribution in [3.63, 3.8) is 0 Å². The van der Waals surface area contributed by atoms with Crippen molar-refractivity contribution in [1.82, 2.24) is 0 Å². The Morgan fingerprint density at radius 1 is 0.935 bits per heavy atom. The Morgan fingerprint density at radius 2 is 1.68 bits per heavy atom. The molecule has 0 radical (unpaired) electrons. The van der Waals surface area contributed by atoms with Gasteiger partial charge in [-0.1, -0.05) is 36.4 Å². The monoisotopic (exact) mass is 416 g/mol. The Labute approximate surface area is 181 Å². The predicted octanol–water partition coefficient (Wildman–Crippen LogP) is 5.43. The zero-order valence-electron chi connectivity index (χ0n) is 17.6. The maximum Gasteiger partial charge on any atom is 0.304 e. The number of aryl methyl sites for hydroxylation is 2. The van der Waals surface area contributed by atoms with Crippen LogP contribution >= 0.6 is 0 Å². The molecular formula is C26H24O5. The van der Waals surface area contributed by atoms with Gasteiger partial charge in [0.2, 0.25) is 0 Å². The van der Waals surface area contributed by atoms with Gasteiger partial charge in [-0.25, -0.2) is 0 Å². The number of fused-ring (bicyclic) bond motifs is 2. The lowest BCUT2D eigenvalue weighted by Gasteiger charge is -2.28. The van der Waals surface area contributed by atoms with E-state index < -0.39 is 5.97 Å². The second-order valence-corrected chi connectivity index (χ2v) is 8.25. The van der Waals surface area contributed by atoms with Crippen molar-refractivity contribution < 1.29 is 24.1 Å². The van der Waals surface area contributed by atoms with E-state index in [1.807, 2.05) is 12.1 Å². The zero-order chi connectivity index (χ0) is 21.5. The molecular weight excluding hydrogens is 392 g/mol. The maximum absolute atomic E-state index is 11.1. The van der Waals surface area contributed by atoms with E-state index in [0.717, 1.165) is 16.7 Å². The van der Waals surface area contributed by atoms with Crippen LogP contribution in [0.15, 0.2) is 54.6 Å². The average molecular weight is 416 g/mol. The SMILES string of the molecule is Cc1cccc(C)c1-c1cccc([C@@H]2COc3cc4c(cc3O2)OC[C@H]4CC(=O)O)c1. The Bertz CT molecular complexity index is 1150. The number of carbonyl (C=O) groups is 1. The molecule has 5 nitrogen and oxygen atoms in total. The summed E-state index contributed by atoms with van der Waals surface area (Å²) in [5, 5.41) is 9.13. The first kappa shape index (κ1) is 19.5. The van der Waals surface area contributed by atoms with Gasteiger partial charge in [-0.15, -0.1) is 0 Å². The molecule has 2 atom stereocenters. The summed E-state index contributed by atoms with van der Waals surface area (Å²) in [6.07, 6.45) is -0.188. The maximum atomic E-state index is 11.1. The lowest BCUT2D eigenvalue weighted by Crippen LogP contribution is -2.21. The Morgan fingerprint density at radius 3 is 2.45 bits per heavy atom. The summed E-state index contributed by atoms with van der Waals surface area (Å²) in [4.78, 5) is 11.1. The summed E-state index contributed by atoms with van der Waals surface area (Å²) < 4.78 is 18.0. The van der Waals surface area contributed by atoms with E-state index in [9.17, 15) is 4.79 Å². The molecule has 0 fully saturated rings. The van der Waals surface area contributed by atoms with Gasteiger partial charge in [0, 0.05) is 17.5 Å². The number of hydrogen-bond donors (Lipinski definition) is 1. The van der Waals surface area contributed by atoms with Gasteiger partial charge in [-0.05, 0) is 53.8 Å². The predicted molar refractivity (Wildman–Crippen MR) is 117 cm³/mol. The molecule has 2 aliphatic rings. The third-order valence-corrected chi connectivity index (χ3v) is 6.06. The van der Waals surface area contributed by atoms with Crippen molar-refractivity contribution in [2.24, 2.45) is 0 Å². The van der Waals surface area contributed by atoms with Crippen LogP contribution in [0.3, 0.4) is 0 Å². The number of ether oxygens (including phenoxy) is 3. The van der Waals surface area contributed by atoms with Crippen molar-refractivity contribution in [2.45, 2.75) is 32.3 Å². The first-order chi connectivity index (χ1) is 15.0. The number of aliphatic carboxylic acids is 1. The summed E-state index contributed by atoms with van der Waals surface area (Å²) in [5.74, 6) is 0.956. The molecule has 5 heteroatoms. The second kappa shape index (κ2) is 7.65. The molecule has 31 heavy (non-hydrogen) atoms. The summed E-state index contributed by atoms with van der Waals surface area (Å²) in [6.45, 7) is 5.02. The second-order valence-electron chi connectivity index (χ2n) is 8.25. The number of carboxylic acids is 1. The molecule has 2 aliphatic heterocycles. The third-order valence-electron chi connectivity index (χ3n) is 6.06. The minimum absolute atomic E-state index is 0.0420. The number of hydrogen-bond acceptors (Lipinski definition) is 4. The number of rotatable bonds is 4. The lowest BCUT2D eigenvalue weighted by molar-refractivity contribution is -0.137. The summed E-state index contributed by atoms with van der Waals surface area (Å²) in [7, 11) is 0. The first-order valence-corrected chi connectivity index (χ1v) is 10.5. The summed E-state index contributed by atoms with van der Waals surface area (Å²) in [6, 6.07) is 18.4. The molecule has 3 aromatic carbocycles. The molecule has 0 amide bonds. The standard InChI is InChI=1S/C26H24O5/c1-15-5-3-6-16(2)26(15)18-8-4-7-17(9-18)24-14-30-22-11-20-19(10-25(27)28)13-29-21(20)12-23(22)31-24/h3-9,11-12,19,24H,10,13-14H2,1-2H3,(H,27,28)/t19-,24+/m1/s1. The zero-order valence-corrected chi connectivity index (χ0v) is 17.6. The van der Waals surface area contributed by atoms with Crippen LogP contribution in [0.25, 0.3) is 11.1 Å². The number of benzene rings is 3. The fraction of sp³-hybridized carbons (Fsp3) is 0.269. The highest BCUT2D eigenvalue weighted by Crippen LogP contribution is 2.46. The highest BCUT2D eigenvalue weighted by atomic mass is 16.6. The van der Waals surface area contributed by atoms with E-state index in [1.54, 1.807) is 0 Å². The van der Waals surface area contributed by atoms with Gasteiger partial charge in [0.25, 0.3) is 0 Å². The Kier molecular flexibility index (Phi) is 4.81. The highest BCUT2D eigenvalue weighted by molar-refractivity contribution is 5.71. The van der Waals surface area contributed by atoms with Gasteiger partial charge in [-0.2, -0.15) is 0 Å². The van der Waals surface area contributed by atoms with Gasteiger partial charge in [0.1, 0.15) is 12.4 Å². The van der Waals surface area contributed by atoms with E-state index in [0.29, 0.717) is 30.5 Å². The summed E-state index contributed by atoms with van der Waals surface area (Å²) in [5.41, 5.74) is 6.82. The van der Waals surface area contributed by atoms with E-state index in [-0.39, 0.29) is 18.4 Å². The van der Waals surface area contributed by atoms with Gasteiger partial charge in [0.15, 0.2) is 17.6 Å². The quantitative estimate of drug-likeness (QED) is 0.614. The molecule has 0 unspecified atom stereocenters. The molecule has 0 saturated heterocycles. The van der Waals surface area contributed by atoms with Crippen molar-refractivity contribution in [3.8, 4) is 28.4 Å². The largest absolute Gasteiger partial charge is 0.492 e. The molecule has 0 aromatic heterocycles. The Hall–Kier alpha value is -3.47. The van der Waals surface area contributed by atoms with Gasteiger partial charge >= 0.3 is 5.97 Å². The topological polar surface area (TPSA) is 65.0 Å². The van der Waals surface area contributed by atoms with E-state index in [1.165, 1.54) is 16.7 Å². The van der Waals surface area contributed by atoms with Crippen molar-refractivity contribution >= 4 is 5.97 Å². The number of carboxylic acid groups (broad SMARTS) is 1. The van der Waals surface area contributed by atoms with Crippen LogP contribution in [-0.4, -0.2) is 24.3 Å². The molecule has 0 saturated carbocycles. The van der Waals surface area contributed by atoms with Crippen LogP contribution in [0.1, 0.15) is 40.7 Å². The summed E-state index contributed by atoms with van der Waals surface area (Å²) >= 11 is 0. The van der Waals surface area contributed by atoms with Gasteiger partial charge in [-0.3, -0.25) is 4.79 Å². The van der Waals surface area contributed by atoms with Crippen LogP contribution in [0, 0.1) is 13.8 Å². The Balaban J connectivity index is 1.43. The molecule has 1 N–H and O–H groups in total. The molecule has 0 bridgehead atoms. The van der Waals surface area contributed by atoms with E-state index in [4.69, 9.17) is 19.3 Å².